The zero-order valence-electron chi connectivity index (χ0n) is 59.6. The van der Waals surface area contributed by atoms with Gasteiger partial charge in [-0.05, 0) is 63.1 Å². The number of amides is 7. The molecule has 0 aliphatic carbocycles. The van der Waals surface area contributed by atoms with Crippen LogP contribution in [0.25, 0.3) is 0 Å². The van der Waals surface area contributed by atoms with Crippen molar-refractivity contribution >= 4 is 64.9 Å². The Bertz CT molecular complexity index is 4080. The molecule has 8 aromatic carbocycles. The highest BCUT2D eigenvalue weighted by Crippen LogP contribution is 2.50. The second-order valence-electron chi connectivity index (χ2n) is 26.4. The first-order chi connectivity index (χ1) is 53.1. The Morgan fingerprint density at radius 3 is 1.25 bits per heavy atom. The van der Waals surface area contributed by atoms with Gasteiger partial charge in [0.2, 0.25) is 41.4 Å². The number of phenolic OH excluding ortho intramolecular Hbond substituents is 1. The lowest BCUT2D eigenvalue weighted by molar-refractivity contribution is -0.359. The fraction of sp³-hybridized carbons (Fsp3) is 0.321. The van der Waals surface area contributed by atoms with Gasteiger partial charge in [0.1, 0.15) is 78.7 Å². The van der Waals surface area contributed by atoms with Crippen molar-refractivity contribution < 1.29 is 93.4 Å². The monoisotopic (exact) mass is 1540 g/mol. The molecule has 7 amide bonds. The van der Waals surface area contributed by atoms with Crippen molar-refractivity contribution in [2.24, 2.45) is 11.5 Å². The van der Waals surface area contributed by atoms with E-state index in [0.717, 1.165) is 33.4 Å². The third kappa shape index (κ3) is 20.7. The molecule has 0 unspecified atom stereocenters. The van der Waals surface area contributed by atoms with E-state index in [1.165, 1.54) is 35.7 Å². The van der Waals surface area contributed by atoms with Crippen LogP contribution in [0.3, 0.4) is 0 Å². The molecule has 0 saturated carbocycles. The lowest BCUT2D eigenvalue weighted by atomic mass is 9.84. The van der Waals surface area contributed by atoms with Crippen LogP contribution in [0.15, 0.2) is 237 Å². The van der Waals surface area contributed by atoms with Crippen molar-refractivity contribution in [1.82, 2.24) is 31.9 Å². The standard InChI is InChI=1S/C81H90N8O19S2/c82-58(40-50-36-38-57(92)39-37-50)73(100)88-61(47-109-80(51-24-10-2-11-25-51,52-26-12-3-13-27-52)53-28-14-4-15-29-53)75(102)85-43-66(94)86-59(41-49-22-8-1-9-23-49)76(103)89-62(48-110-81(54-30-16-5-17-31-54,55-32-18-6-19-33-55)56-34-20-7-21-35-56)77(104)87-60(74(101)84-42-65(83)93)46-105-78-71(99)69(97)72(64(45-91)107-78)108-79-70(98)68(96)67(95)63(44-90)106-79/h1-39,58-64,67-72,78-79,90-92,95-99H,40-48,82H2,(H2,83,93)(H,84,101)(H,85,102)(H,86,94)(H,87,104)(H,88,100)(H,89,103)/t58-,59-,60-,61+,62+,63+,64+,67+,68-,69+,70+,71+,72+,78+,79-/m0/s1. The number of carbonyl (C=O) groups excluding carboxylic acids is 7. The van der Waals surface area contributed by atoms with Gasteiger partial charge in [0.15, 0.2) is 12.6 Å². The molecule has 27 nitrogen and oxygen atoms in total. The maximum absolute atomic E-state index is 15.6. The second kappa shape index (κ2) is 39.6. The molecule has 8 aromatic rings. The van der Waals surface area contributed by atoms with Crippen molar-refractivity contribution in [3.05, 3.63) is 281 Å². The average molecular weight is 1540 g/mol. The van der Waals surface area contributed by atoms with E-state index in [0.29, 0.717) is 11.1 Å². The van der Waals surface area contributed by atoms with Crippen LogP contribution in [0.2, 0.25) is 0 Å². The van der Waals surface area contributed by atoms with Gasteiger partial charge in [0.05, 0.1) is 48.4 Å². The SMILES string of the molecule is NC(=O)CNC(=O)[C@H](CO[C@@H]1O[C@H](CO)[C@@H](O[C@@H]2O[C@H](CO)[C@@H](O)[C@H](O)[C@H]2O)[C@H](O)[C@H]1O)NC(=O)[C@@H](CSC(c1ccccc1)(c1ccccc1)c1ccccc1)NC(=O)[C@H](Cc1ccccc1)NC(=O)CNC(=O)[C@@H](CSC(c1ccccc1)(c1ccccc1)c1ccccc1)NC(=O)[C@@H](N)Cc1ccc(O)cc1. The van der Waals surface area contributed by atoms with Crippen LogP contribution in [0.5, 0.6) is 5.75 Å². The molecule has 0 radical (unpaired) electrons. The molecule has 2 aliphatic rings. The number of nitrogens with two attached hydrogens (primary N) is 2. The molecule has 2 fully saturated rings. The van der Waals surface area contributed by atoms with E-state index in [9.17, 15) is 64.8 Å². The number of aromatic hydroxyl groups is 1. The van der Waals surface area contributed by atoms with Crippen LogP contribution < -0.4 is 43.4 Å². The summed E-state index contributed by atoms with van der Waals surface area (Å²) in [6, 6.07) is 64.1. The summed E-state index contributed by atoms with van der Waals surface area (Å²) >= 11 is 2.59. The minimum absolute atomic E-state index is 0.00915. The van der Waals surface area contributed by atoms with Crippen molar-refractivity contribution in [1.29, 1.82) is 0 Å². The number of thioether (sulfide) groups is 2. The first-order valence-corrected chi connectivity index (χ1v) is 37.5. The third-order valence-electron chi connectivity index (χ3n) is 18.8. The Balaban J connectivity index is 0.946. The molecule has 15 atom stereocenters. The first kappa shape index (κ1) is 82.6. The number of rotatable bonds is 36. The summed E-state index contributed by atoms with van der Waals surface area (Å²) in [5.74, 6) is -6.86. The number of ether oxygens (including phenoxy) is 4. The molecule has 0 aromatic heterocycles. The summed E-state index contributed by atoms with van der Waals surface area (Å²) in [5, 5.41) is 101. The van der Waals surface area contributed by atoms with E-state index in [-0.39, 0.29) is 30.1 Å². The van der Waals surface area contributed by atoms with Crippen molar-refractivity contribution in [2.75, 3.05) is 44.4 Å². The summed E-state index contributed by atoms with van der Waals surface area (Å²) in [6.07, 6.45) is -18.6. The quantitative estimate of drug-likeness (QED) is 0.0246. The van der Waals surface area contributed by atoms with E-state index < -0.39 is 175 Å². The first-order valence-electron chi connectivity index (χ1n) is 35.6. The topological polar surface area (TPSA) is 442 Å². The minimum atomic E-state index is -2.10. The highest BCUT2D eigenvalue weighted by atomic mass is 32.2. The molecule has 18 N–H and O–H groups in total. The predicted molar refractivity (Wildman–Crippen MR) is 409 cm³/mol. The number of aliphatic hydroxyl groups excluding tert-OH is 7. The molecule has 2 aliphatic heterocycles. The third-order valence-corrected chi connectivity index (χ3v) is 22.1. The lowest BCUT2D eigenvalue weighted by Crippen LogP contribution is -2.65. The number of phenols is 1. The highest BCUT2D eigenvalue weighted by Gasteiger charge is 2.52. The van der Waals surface area contributed by atoms with Gasteiger partial charge < -0.3 is 103 Å². The minimum Gasteiger partial charge on any atom is -0.508 e. The molecule has 2 saturated heterocycles. The van der Waals surface area contributed by atoms with E-state index in [1.807, 2.05) is 182 Å². The van der Waals surface area contributed by atoms with Crippen molar-refractivity contribution in [2.45, 2.75) is 114 Å². The van der Waals surface area contributed by atoms with E-state index >= 15 is 9.59 Å². The molecule has 580 valence electrons. The maximum Gasteiger partial charge on any atom is 0.245 e. The largest absolute Gasteiger partial charge is 0.508 e. The molecule has 110 heavy (non-hydrogen) atoms. The van der Waals surface area contributed by atoms with Crippen LogP contribution >= 0.6 is 23.5 Å². The number of aliphatic hydroxyl groups is 7. The summed E-state index contributed by atoms with van der Waals surface area (Å²) in [4.78, 5) is 102. The molecule has 0 bridgehead atoms. The second-order valence-corrected chi connectivity index (χ2v) is 28.9. The van der Waals surface area contributed by atoms with Crippen LogP contribution in [0.1, 0.15) is 44.5 Å². The van der Waals surface area contributed by atoms with Crippen molar-refractivity contribution in [3.8, 4) is 5.75 Å². The zero-order chi connectivity index (χ0) is 78.3. The smallest absolute Gasteiger partial charge is 0.245 e. The average Bonchev–Trinajstić information content (AvgIpc) is 0.761. The van der Waals surface area contributed by atoms with Crippen LogP contribution in [-0.4, -0.2) is 218 Å². The van der Waals surface area contributed by atoms with Gasteiger partial charge in [-0.2, -0.15) is 0 Å². The van der Waals surface area contributed by atoms with Gasteiger partial charge >= 0.3 is 0 Å². The maximum atomic E-state index is 15.6. The normalized spacial score (nSPS) is 21.3. The molecule has 10 rings (SSSR count). The number of benzene rings is 8. The van der Waals surface area contributed by atoms with E-state index in [4.69, 9.17) is 30.4 Å². The zero-order valence-corrected chi connectivity index (χ0v) is 61.2. The number of carbonyl (C=O) groups is 7. The summed E-state index contributed by atoms with van der Waals surface area (Å²) < 4.78 is 20.8. The molecule has 0 spiro atoms. The Kier molecular flexibility index (Phi) is 29.7. The summed E-state index contributed by atoms with van der Waals surface area (Å²) in [5.41, 5.74) is 18.0. The van der Waals surface area contributed by atoms with Gasteiger partial charge in [0.25, 0.3) is 0 Å². The van der Waals surface area contributed by atoms with Gasteiger partial charge in [-0.3, -0.25) is 33.6 Å². The van der Waals surface area contributed by atoms with E-state index in [1.54, 1.807) is 42.5 Å². The predicted octanol–water partition coefficient (Wildman–Crippen LogP) is 1.25. The fourth-order valence-corrected chi connectivity index (χ4v) is 16.2. The van der Waals surface area contributed by atoms with Crippen LogP contribution in [0, 0.1) is 0 Å². The summed E-state index contributed by atoms with van der Waals surface area (Å²) in [7, 11) is 0. The summed E-state index contributed by atoms with van der Waals surface area (Å²) in [6.45, 7) is -4.24. The van der Waals surface area contributed by atoms with Gasteiger partial charge in [-0.15, -0.1) is 23.5 Å². The van der Waals surface area contributed by atoms with E-state index in [2.05, 4.69) is 31.9 Å². The van der Waals surface area contributed by atoms with Gasteiger partial charge in [0, 0.05) is 17.9 Å². The van der Waals surface area contributed by atoms with Crippen LogP contribution in [-0.2, 0) is 74.8 Å². The fourth-order valence-electron chi connectivity index (χ4n) is 13.1. The van der Waals surface area contributed by atoms with Gasteiger partial charge in [-0.1, -0.05) is 224 Å². The Labute approximate surface area is 643 Å². The Morgan fingerprint density at radius 1 is 0.418 bits per heavy atom. The molecular formula is C81H90N8O19S2. The number of primary amides is 1. The Hall–Kier alpha value is -9.93. The van der Waals surface area contributed by atoms with Gasteiger partial charge in [-0.25, -0.2) is 0 Å². The molecular weight excluding hydrogens is 1450 g/mol. The molecule has 29 heteroatoms. The lowest BCUT2D eigenvalue weighted by Gasteiger charge is -2.46. The number of hydrogen-bond acceptors (Lipinski definition) is 22. The Morgan fingerprint density at radius 2 is 0.800 bits per heavy atom. The van der Waals surface area contributed by atoms with Crippen LogP contribution in [0.4, 0.5) is 0 Å². The van der Waals surface area contributed by atoms with Crippen molar-refractivity contribution in [3.63, 3.8) is 0 Å². The number of hydrogen-bond donors (Lipinski definition) is 16. The molecule has 2 heterocycles. The highest BCUT2D eigenvalue weighted by molar-refractivity contribution is 8.01. The number of nitrogens with one attached hydrogen (secondary N) is 6.